The van der Waals surface area contributed by atoms with Crippen molar-refractivity contribution in [2.45, 2.75) is 45.3 Å². The second-order valence-electron chi connectivity index (χ2n) is 5.01. The van der Waals surface area contributed by atoms with Crippen molar-refractivity contribution in [2.75, 3.05) is 11.9 Å². The molecule has 2 unspecified atom stereocenters. The molecule has 1 aliphatic heterocycles. The quantitative estimate of drug-likeness (QED) is 0.908. The molecule has 1 aromatic rings. The average molecular weight is 262 g/mol. The van der Waals surface area contributed by atoms with Crippen LogP contribution in [0.5, 0.6) is 0 Å². The zero-order valence-corrected chi connectivity index (χ0v) is 11.4. The highest BCUT2D eigenvalue weighted by atomic mass is 19.1. The third kappa shape index (κ3) is 3.24. The summed E-state index contributed by atoms with van der Waals surface area (Å²) >= 11 is 0. The van der Waals surface area contributed by atoms with Crippen molar-refractivity contribution in [3.63, 3.8) is 0 Å². The summed E-state index contributed by atoms with van der Waals surface area (Å²) in [5.74, 6) is -0.333. The van der Waals surface area contributed by atoms with Gasteiger partial charge < -0.3 is 10.1 Å². The van der Waals surface area contributed by atoms with Gasteiger partial charge in [-0.15, -0.1) is 0 Å². The molecule has 1 N–H and O–H groups in total. The van der Waals surface area contributed by atoms with E-state index in [4.69, 9.17) is 10.00 Å². The van der Waals surface area contributed by atoms with Gasteiger partial charge in [0.2, 0.25) is 0 Å². The van der Waals surface area contributed by atoms with Crippen molar-refractivity contribution < 1.29 is 9.13 Å². The fourth-order valence-corrected chi connectivity index (χ4v) is 2.41. The highest BCUT2D eigenvalue weighted by Crippen LogP contribution is 2.25. The SMILES string of the molecule is CCC1CC(Nc2cc(C#N)cc(F)c2C)CCO1. The summed E-state index contributed by atoms with van der Waals surface area (Å²) < 4.78 is 19.3. The molecule has 0 bridgehead atoms. The van der Waals surface area contributed by atoms with Crippen LogP contribution in [0, 0.1) is 24.1 Å². The predicted octanol–water partition coefficient (Wildman–Crippen LogP) is 3.38. The van der Waals surface area contributed by atoms with Crippen LogP contribution in [-0.2, 0) is 4.74 Å². The Hall–Kier alpha value is -1.60. The molecule has 0 radical (unpaired) electrons. The molecular weight excluding hydrogens is 243 g/mol. The summed E-state index contributed by atoms with van der Waals surface area (Å²) in [7, 11) is 0. The molecule has 4 heteroatoms. The molecule has 2 rings (SSSR count). The first kappa shape index (κ1) is 13.8. The molecule has 1 saturated heterocycles. The van der Waals surface area contributed by atoms with E-state index < -0.39 is 0 Å². The third-order valence-electron chi connectivity index (χ3n) is 3.66. The third-order valence-corrected chi connectivity index (χ3v) is 3.66. The van der Waals surface area contributed by atoms with Crippen molar-refractivity contribution in [3.8, 4) is 6.07 Å². The van der Waals surface area contributed by atoms with E-state index in [1.54, 1.807) is 13.0 Å². The first-order chi connectivity index (χ1) is 9.13. The van der Waals surface area contributed by atoms with Crippen LogP contribution in [0.15, 0.2) is 12.1 Å². The maximum Gasteiger partial charge on any atom is 0.129 e. The lowest BCUT2D eigenvalue weighted by molar-refractivity contribution is 0.00924. The van der Waals surface area contributed by atoms with E-state index in [1.807, 2.05) is 6.07 Å². The van der Waals surface area contributed by atoms with Gasteiger partial charge in [0.15, 0.2) is 0 Å². The molecule has 1 fully saturated rings. The minimum absolute atomic E-state index is 0.274. The molecule has 0 spiro atoms. The number of rotatable bonds is 3. The number of ether oxygens (including phenoxy) is 1. The first-order valence-electron chi connectivity index (χ1n) is 6.72. The minimum Gasteiger partial charge on any atom is -0.382 e. The second kappa shape index (κ2) is 6.03. The fourth-order valence-electron chi connectivity index (χ4n) is 2.41. The number of nitriles is 1. The molecule has 1 aliphatic rings. The molecular formula is C15H19FN2O. The van der Waals surface area contributed by atoms with E-state index in [0.717, 1.165) is 31.6 Å². The molecule has 0 aromatic heterocycles. The number of nitrogens with zero attached hydrogens (tertiary/aromatic N) is 1. The Labute approximate surface area is 113 Å². The van der Waals surface area contributed by atoms with Crippen LogP contribution < -0.4 is 5.32 Å². The summed E-state index contributed by atoms with van der Waals surface area (Å²) in [6.45, 7) is 4.57. The fraction of sp³-hybridized carbons (Fsp3) is 0.533. The van der Waals surface area contributed by atoms with Crippen LogP contribution >= 0.6 is 0 Å². The number of nitrogens with one attached hydrogen (secondary N) is 1. The van der Waals surface area contributed by atoms with Gasteiger partial charge in [0.1, 0.15) is 5.82 Å². The first-order valence-corrected chi connectivity index (χ1v) is 6.72. The van der Waals surface area contributed by atoms with Crippen LogP contribution in [0.4, 0.5) is 10.1 Å². The van der Waals surface area contributed by atoms with Crippen molar-refractivity contribution >= 4 is 5.69 Å². The van der Waals surface area contributed by atoms with E-state index >= 15 is 0 Å². The van der Waals surface area contributed by atoms with Crippen LogP contribution in [0.25, 0.3) is 0 Å². The van der Waals surface area contributed by atoms with Gasteiger partial charge in [0.25, 0.3) is 0 Å². The lowest BCUT2D eigenvalue weighted by Crippen LogP contribution is -2.33. The molecule has 19 heavy (non-hydrogen) atoms. The zero-order valence-electron chi connectivity index (χ0n) is 11.4. The topological polar surface area (TPSA) is 45.0 Å². The molecule has 102 valence electrons. The number of hydrogen-bond donors (Lipinski definition) is 1. The Bertz CT molecular complexity index is 496. The van der Waals surface area contributed by atoms with E-state index in [0.29, 0.717) is 11.1 Å². The number of hydrogen-bond acceptors (Lipinski definition) is 3. The monoisotopic (exact) mass is 262 g/mol. The Balaban J connectivity index is 2.14. The van der Waals surface area contributed by atoms with Crippen molar-refractivity contribution in [1.82, 2.24) is 0 Å². The number of anilines is 1. The van der Waals surface area contributed by atoms with Gasteiger partial charge in [-0.1, -0.05) is 6.92 Å². The lowest BCUT2D eigenvalue weighted by atomic mass is 10.0. The summed E-state index contributed by atoms with van der Waals surface area (Å²) in [4.78, 5) is 0. The van der Waals surface area contributed by atoms with Crippen LogP contribution in [-0.4, -0.2) is 18.8 Å². The van der Waals surface area contributed by atoms with Gasteiger partial charge in [0, 0.05) is 23.9 Å². The smallest absolute Gasteiger partial charge is 0.129 e. The maximum atomic E-state index is 13.7. The number of halogens is 1. The minimum atomic E-state index is -0.333. The Kier molecular flexibility index (Phi) is 4.39. The van der Waals surface area contributed by atoms with Crippen LogP contribution in [0.2, 0.25) is 0 Å². The lowest BCUT2D eigenvalue weighted by Gasteiger charge is -2.30. The van der Waals surface area contributed by atoms with Gasteiger partial charge in [-0.05, 0) is 38.3 Å². The molecule has 1 heterocycles. The number of benzene rings is 1. The summed E-state index contributed by atoms with van der Waals surface area (Å²) in [5.41, 5.74) is 1.64. The van der Waals surface area contributed by atoms with Crippen LogP contribution in [0.1, 0.15) is 37.3 Å². The summed E-state index contributed by atoms with van der Waals surface area (Å²) in [6, 6.07) is 5.27. The van der Waals surface area contributed by atoms with Crippen molar-refractivity contribution in [1.29, 1.82) is 5.26 Å². The maximum absolute atomic E-state index is 13.7. The average Bonchev–Trinajstić information content (AvgIpc) is 2.43. The van der Waals surface area contributed by atoms with Crippen LogP contribution in [0.3, 0.4) is 0 Å². The highest BCUT2D eigenvalue weighted by Gasteiger charge is 2.22. The zero-order chi connectivity index (χ0) is 13.8. The summed E-state index contributed by atoms with van der Waals surface area (Å²) in [6.07, 6.45) is 3.10. The Morgan fingerprint density at radius 2 is 2.32 bits per heavy atom. The Morgan fingerprint density at radius 3 is 3.00 bits per heavy atom. The Morgan fingerprint density at radius 1 is 1.53 bits per heavy atom. The van der Waals surface area contributed by atoms with Gasteiger partial charge in [-0.25, -0.2) is 4.39 Å². The largest absolute Gasteiger partial charge is 0.382 e. The van der Waals surface area contributed by atoms with Gasteiger partial charge >= 0.3 is 0 Å². The van der Waals surface area contributed by atoms with Gasteiger partial charge in [0.05, 0.1) is 17.7 Å². The molecule has 3 nitrogen and oxygen atoms in total. The molecule has 0 aliphatic carbocycles. The van der Waals surface area contributed by atoms with E-state index in [-0.39, 0.29) is 18.0 Å². The van der Waals surface area contributed by atoms with Crippen molar-refractivity contribution in [2.24, 2.45) is 0 Å². The highest BCUT2D eigenvalue weighted by molar-refractivity contribution is 5.56. The van der Waals surface area contributed by atoms with E-state index in [9.17, 15) is 4.39 Å². The van der Waals surface area contributed by atoms with E-state index in [1.165, 1.54) is 6.07 Å². The molecule has 2 atom stereocenters. The van der Waals surface area contributed by atoms with Gasteiger partial charge in [-0.2, -0.15) is 5.26 Å². The van der Waals surface area contributed by atoms with Gasteiger partial charge in [-0.3, -0.25) is 0 Å². The predicted molar refractivity (Wildman–Crippen MR) is 72.5 cm³/mol. The normalized spacial score (nSPS) is 22.8. The second-order valence-corrected chi connectivity index (χ2v) is 5.01. The van der Waals surface area contributed by atoms with E-state index in [2.05, 4.69) is 12.2 Å². The molecule has 0 amide bonds. The summed E-state index contributed by atoms with van der Waals surface area (Å²) in [5, 5.41) is 12.3. The van der Waals surface area contributed by atoms with Crippen molar-refractivity contribution in [3.05, 3.63) is 29.1 Å². The molecule has 1 aromatic carbocycles. The standard InChI is InChI=1S/C15H19FN2O/c1-3-13-8-12(4-5-19-13)18-15-7-11(9-17)6-14(16)10(15)2/h6-7,12-13,18H,3-5,8H2,1-2H3. The molecule has 0 saturated carbocycles.